The molecule has 0 radical (unpaired) electrons. The number of benzene rings is 1. The fourth-order valence-corrected chi connectivity index (χ4v) is 3.81. The zero-order chi connectivity index (χ0) is 20.4. The molecule has 150 valence electrons. The second-order valence-corrected chi connectivity index (χ2v) is 7.23. The SMILES string of the molecule is Cn1ccnc1C(=O)N1CCc2c(c(C(=O)O)nn2CCCc2ccccc2)C1. The van der Waals surface area contributed by atoms with Crippen molar-refractivity contribution >= 4 is 11.9 Å². The molecule has 4 rings (SSSR count). The number of carboxylic acids is 1. The summed E-state index contributed by atoms with van der Waals surface area (Å²) >= 11 is 0. The zero-order valence-corrected chi connectivity index (χ0v) is 16.3. The fraction of sp³-hybridized carbons (Fsp3) is 0.333. The van der Waals surface area contributed by atoms with Crippen LogP contribution in [-0.4, -0.2) is 47.8 Å². The number of aryl methyl sites for hydroxylation is 3. The molecule has 3 aromatic rings. The van der Waals surface area contributed by atoms with Gasteiger partial charge in [-0.1, -0.05) is 30.3 Å². The minimum absolute atomic E-state index is 0.0389. The van der Waals surface area contributed by atoms with Gasteiger partial charge in [-0.2, -0.15) is 5.10 Å². The highest BCUT2D eigenvalue weighted by Crippen LogP contribution is 2.24. The molecule has 2 aromatic heterocycles. The summed E-state index contributed by atoms with van der Waals surface area (Å²) < 4.78 is 3.48. The van der Waals surface area contributed by atoms with Crippen LogP contribution in [0.3, 0.4) is 0 Å². The molecule has 8 heteroatoms. The second-order valence-electron chi connectivity index (χ2n) is 7.23. The van der Waals surface area contributed by atoms with Crippen LogP contribution < -0.4 is 0 Å². The molecule has 0 atom stereocenters. The number of aromatic carboxylic acids is 1. The Labute approximate surface area is 168 Å². The smallest absolute Gasteiger partial charge is 0.356 e. The molecule has 29 heavy (non-hydrogen) atoms. The van der Waals surface area contributed by atoms with Gasteiger partial charge in [0.15, 0.2) is 11.5 Å². The maximum absolute atomic E-state index is 12.8. The van der Waals surface area contributed by atoms with E-state index in [4.69, 9.17) is 0 Å². The molecule has 0 saturated heterocycles. The Bertz CT molecular complexity index is 1040. The van der Waals surface area contributed by atoms with Crippen LogP contribution in [0, 0.1) is 0 Å². The van der Waals surface area contributed by atoms with Crippen molar-refractivity contribution in [2.45, 2.75) is 32.4 Å². The van der Waals surface area contributed by atoms with Crippen LogP contribution in [0.2, 0.25) is 0 Å². The summed E-state index contributed by atoms with van der Waals surface area (Å²) in [5.41, 5.74) is 2.83. The summed E-state index contributed by atoms with van der Waals surface area (Å²) in [6.45, 7) is 1.40. The lowest BCUT2D eigenvalue weighted by Crippen LogP contribution is -2.38. The van der Waals surface area contributed by atoms with Crippen LogP contribution in [0.5, 0.6) is 0 Å². The summed E-state index contributed by atoms with van der Waals surface area (Å²) in [7, 11) is 1.77. The highest BCUT2D eigenvalue weighted by Gasteiger charge is 2.31. The normalized spacial score (nSPS) is 13.3. The van der Waals surface area contributed by atoms with E-state index in [0.29, 0.717) is 30.9 Å². The number of carbonyl (C=O) groups is 2. The number of nitrogens with zero attached hydrogens (tertiary/aromatic N) is 5. The number of aromatic nitrogens is 4. The van der Waals surface area contributed by atoms with Gasteiger partial charge in [0.05, 0.1) is 6.54 Å². The highest BCUT2D eigenvalue weighted by atomic mass is 16.4. The van der Waals surface area contributed by atoms with E-state index in [1.807, 2.05) is 22.9 Å². The van der Waals surface area contributed by atoms with Gasteiger partial charge in [-0.15, -0.1) is 0 Å². The zero-order valence-electron chi connectivity index (χ0n) is 16.3. The molecule has 0 bridgehead atoms. The maximum Gasteiger partial charge on any atom is 0.356 e. The van der Waals surface area contributed by atoms with Crippen LogP contribution in [0.15, 0.2) is 42.7 Å². The van der Waals surface area contributed by atoms with Crippen LogP contribution >= 0.6 is 0 Å². The molecule has 8 nitrogen and oxygen atoms in total. The lowest BCUT2D eigenvalue weighted by atomic mass is 10.0. The standard InChI is InChI=1S/C21H23N5O3/c1-24-13-10-22-19(24)20(27)25-12-9-17-16(14-25)18(21(28)29)23-26(17)11-5-8-15-6-3-2-4-7-15/h2-4,6-7,10,13H,5,8-9,11-12,14H2,1H3,(H,28,29). The van der Waals surface area contributed by atoms with E-state index in [-0.39, 0.29) is 18.1 Å². The first-order chi connectivity index (χ1) is 14.0. The number of fused-ring (bicyclic) bond motifs is 1. The van der Waals surface area contributed by atoms with Crippen LogP contribution in [0.25, 0.3) is 0 Å². The summed E-state index contributed by atoms with van der Waals surface area (Å²) in [5, 5.41) is 14.0. The first-order valence-corrected chi connectivity index (χ1v) is 9.67. The third-order valence-corrected chi connectivity index (χ3v) is 5.31. The predicted octanol–water partition coefficient (Wildman–Crippen LogP) is 2.15. The van der Waals surface area contributed by atoms with Crippen LogP contribution in [0.1, 0.15) is 44.3 Å². The number of imidazole rings is 1. The van der Waals surface area contributed by atoms with Crippen molar-refractivity contribution in [3.63, 3.8) is 0 Å². The number of hydrogen-bond donors (Lipinski definition) is 1. The molecule has 1 aliphatic rings. The third kappa shape index (κ3) is 3.78. The molecule has 0 fully saturated rings. The molecule has 1 aliphatic heterocycles. The molecule has 1 amide bonds. The minimum Gasteiger partial charge on any atom is -0.476 e. The summed E-state index contributed by atoms with van der Waals surface area (Å²) in [6, 6.07) is 10.2. The molecule has 0 unspecified atom stereocenters. The Morgan fingerprint density at radius 3 is 2.69 bits per heavy atom. The molecule has 3 heterocycles. The van der Waals surface area contributed by atoms with E-state index in [1.54, 1.807) is 28.9 Å². The van der Waals surface area contributed by atoms with Gasteiger partial charge in [0.2, 0.25) is 0 Å². The Morgan fingerprint density at radius 1 is 1.21 bits per heavy atom. The summed E-state index contributed by atoms with van der Waals surface area (Å²) in [5.74, 6) is -0.911. The van der Waals surface area contributed by atoms with Gasteiger partial charge in [-0.05, 0) is 18.4 Å². The van der Waals surface area contributed by atoms with E-state index in [0.717, 1.165) is 18.5 Å². The van der Waals surface area contributed by atoms with Crippen molar-refractivity contribution in [1.82, 2.24) is 24.2 Å². The summed E-state index contributed by atoms with van der Waals surface area (Å²) in [6.07, 6.45) is 5.65. The molecule has 0 spiro atoms. The predicted molar refractivity (Wildman–Crippen MR) is 106 cm³/mol. The van der Waals surface area contributed by atoms with Gasteiger partial charge in [0.1, 0.15) is 0 Å². The van der Waals surface area contributed by atoms with Gasteiger partial charge in [0, 0.05) is 50.2 Å². The van der Waals surface area contributed by atoms with Crippen molar-refractivity contribution in [3.8, 4) is 0 Å². The van der Waals surface area contributed by atoms with Crippen molar-refractivity contribution in [1.29, 1.82) is 0 Å². The number of rotatable bonds is 6. The highest BCUT2D eigenvalue weighted by molar-refractivity contribution is 5.92. The van der Waals surface area contributed by atoms with Crippen LogP contribution in [0.4, 0.5) is 0 Å². The lowest BCUT2D eigenvalue weighted by molar-refractivity contribution is 0.0670. The van der Waals surface area contributed by atoms with Crippen molar-refractivity contribution in [2.75, 3.05) is 6.54 Å². The Balaban J connectivity index is 1.52. The number of hydrogen-bond acceptors (Lipinski definition) is 4. The Kier molecular flexibility index (Phi) is 5.16. The quantitative estimate of drug-likeness (QED) is 0.693. The largest absolute Gasteiger partial charge is 0.476 e. The van der Waals surface area contributed by atoms with Gasteiger partial charge in [0.25, 0.3) is 5.91 Å². The van der Waals surface area contributed by atoms with Crippen LogP contribution in [-0.2, 0) is 33.0 Å². The van der Waals surface area contributed by atoms with Gasteiger partial charge in [-0.25, -0.2) is 9.78 Å². The molecule has 0 saturated carbocycles. The van der Waals surface area contributed by atoms with Crippen molar-refractivity contribution in [2.24, 2.45) is 7.05 Å². The maximum atomic E-state index is 12.8. The molecular formula is C21H23N5O3. The van der Waals surface area contributed by atoms with E-state index >= 15 is 0 Å². The van der Waals surface area contributed by atoms with Crippen molar-refractivity contribution < 1.29 is 14.7 Å². The summed E-state index contributed by atoms with van der Waals surface area (Å²) in [4.78, 5) is 30.3. The first kappa shape index (κ1) is 18.9. The van der Waals surface area contributed by atoms with Gasteiger partial charge in [-0.3, -0.25) is 9.48 Å². The Morgan fingerprint density at radius 2 is 2.00 bits per heavy atom. The molecule has 1 aromatic carbocycles. The topological polar surface area (TPSA) is 93.2 Å². The fourth-order valence-electron chi connectivity index (χ4n) is 3.81. The van der Waals surface area contributed by atoms with Crippen molar-refractivity contribution in [3.05, 3.63) is 71.1 Å². The average molecular weight is 393 g/mol. The molecular weight excluding hydrogens is 370 g/mol. The third-order valence-electron chi connectivity index (χ3n) is 5.31. The Hall–Kier alpha value is -3.42. The minimum atomic E-state index is -1.06. The van der Waals surface area contributed by atoms with Gasteiger partial charge < -0.3 is 14.6 Å². The number of amides is 1. The monoisotopic (exact) mass is 393 g/mol. The number of carbonyl (C=O) groups excluding carboxylic acids is 1. The van der Waals surface area contributed by atoms with E-state index in [1.165, 1.54) is 5.56 Å². The lowest BCUT2D eigenvalue weighted by Gasteiger charge is -2.27. The van der Waals surface area contributed by atoms with Gasteiger partial charge >= 0.3 is 5.97 Å². The van der Waals surface area contributed by atoms with E-state index in [9.17, 15) is 14.7 Å². The second kappa shape index (κ2) is 7.90. The van der Waals surface area contributed by atoms with E-state index in [2.05, 4.69) is 22.2 Å². The molecule has 1 N–H and O–H groups in total. The average Bonchev–Trinajstić information content (AvgIpc) is 3.31. The molecule has 0 aliphatic carbocycles. The number of carboxylic acid groups (broad SMARTS) is 1. The first-order valence-electron chi connectivity index (χ1n) is 9.67. The van der Waals surface area contributed by atoms with E-state index < -0.39 is 5.97 Å².